The Balaban J connectivity index is 1.39. The van der Waals surface area contributed by atoms with Crippen LogP contribution >= 0.6 is 0 Å². The maximum atomic E-state index is 12.2. The Bertz CT molecular complexity index is 2040. The molecule has 0 radical (unpaired) electrons. The molecule has 1 N–H and O–H groups in total. The Kier molecular flexibility index (Phi) is 11.7. The number of hydrogen-bond donors (Lipinski definition) is 1. The van der Waals surface area contributed by atoms with Gasteiger partial charge in [-0.05, 0) is 66.9 Å². The van der Waals surface area contributed by atoms with Crippen molar-refractivity contribution in [2.75, 3.05) is 64.0 Å². The first kappa shape index (κ1) is 37.4. The summed E-state index contributed by atoms with van der Waals surface area (Å²) in [5.41, 5.74) is 4.45. The standard InChI is InChI=1S/C38H45N9O5S/c1-26(45-17-19-47(20-18-45)53(6,48)49)30-21-34(36(40-22-30)43-31-11-16-35(52-5)39-23-31)37-41-27(2)42-38(44-37)46(24-28-7-12-32(50-3)13-8-28)25-29-9-14-33(51-4)15-10-29/h7-16,21-23,26H,17-20,24-25H2,1-6H3,(H,40,43). The molecule has 1 unspecified atom stereocenters. The van der Waals surface area contributed by atoms with Crippen LogP contribution in [-0.2, 0) is 23.1 Å². The highest BCUT2D eigenvalue weighted by molar-refractivity contribution is 7.88. The average molecular weight is 740 g/mol. The van der Waals surface area contributed by atoms with E-state index < -0.39 is 10.0 Å². The second-order valence-electron chi connectivity index (χ2n) is 12.8. The number of rotatable bonds is 14. The van der Waals surface area contributed by atoms with E-state index in [9.17, 15) is 8.42 Å². The molecule has 1 saturated heterocycles. The van der Waals surface area contributed by atoms with Crippen molar-refractivity contribution in [3.63, 3.8) is 0 Å². The number of hydrogen-bond acceptors (Lipinski definition) is 13. The van der Waals surface area contributed by atoms with E-state index in [1.54, 1.807) is 33.6 Å². The molecule has 15 heteroatoms. The largest absolute Gasteiger partial charge is 0.497 e. The lowest BCUT2D eigenvalue weighted by molar-refractivity contribution is 0.146. The van der Waals surface area contributed by atoms with E-state index in [-0.39, 0.29) is 6.04 Å². The smallest absolute Gasteiger partial charge is 0.229 e. The number of ether oxygens (including phenoxy) is 3. The second-order valence-corrected chi connectivity index (χ2v) is 14.8. The lowest BCUT2D eigenvalue weighted by Crippen LogP contribution is -2.48. The van der Waals surface area contributed by atoms with E-state index in [1.807, 2.05) is 67.7 Å². The molecular formula is C38H45N9O5S. The summed E-state index contributed by atoms with van der Waals surface area (Å²) >= 11 is 0. The van der Waals surface area contributed by atoms with Crippen LogP contribution in [0.1, 0.15) is 35.5 Å². The molecule has 0 saturated carbocycles. The van der Waals surface area contributed by atoms with Gasteiger partial charge in [-0.3, -0.25) is 4.90 Å². The molecular weight excluding hydrogens is 695 g/mol. The lowest BCUT2D eigenvalue weighted by atomic mass is 10.1. The SMILES string of the molecule is COc1ccc(CN(Cc2ccc(OC)cc2)c2nc(C)nc(-c3cc(C(C)N4CCN(S(C)(=O)=O)CC4)cnc3Nc3ccc(OC)nc3)n2)cc1. The molecule has 14 nitrogen and oxygen atoms in total. The fourth-order valence-corrected chi connectivity index (χ4v) is 6.98. The van der Waals surface area contributed by atoms with Gasteiger partial charge < -0.3 is 24.4 Å². The predicted molar refractivity (Wildman–Crippen MR) is 204 cm³/mol. The maximum Gasteiger partial charge on any atom is 0.229 e. The average Bonchev–Trinajstić information content (AvgIpc) is 3.18. The minimum atomic E-state index is -3.25. The van der Waals surface area contributed by atoms with Gasteiger partial charge in [0.1, 0.15) is 23.1 Å². The lowest BCUT2D eigenvalue weighted by Gasteiger charge is -2.37. The second kappa shape index (κ2) is 16.5. The number of nitrogens with zero attached hydrogens (tertiary/aromatic N) is 8. The summed E-state index contributed by atoms with van der Waals surface area (Å²) < 4.78 is 41.9. The highest BCUT2D eigenvalue weighted by Crippen LogP contribution is 2.33. The third-order valence-corrected chi connectivity index (χ3v) is 10.5. The van der Waals surface area contributed by atoms with E-state index in [1.165, 1.54) is 10.6 Å². The Hall–Kier alpha value is -5.38. The Morgan fingerprint density at radius 3 is 1.94 bits per heavy atom. The van der Waals surface area contributed by atoms with Crippen LogP contribution in [0.5, 0.6) is 17.4 Å². The van der Waals surface area contributed by atoms with Crippen LogP contribution in [0.15, 0.2) is 79.1 Å². The van der Waals surface area contributed by atoms with Crippen LogP contribution in [0.3, 0.4) is 0 Å². The first-order valence-electron chi connectivity index (χ1n) is 17.2. The molecule has 4 heterocycles. The molecule has 1 aliphatic rings. The number of methoxy groups -OCH3 is 3. The zero-order valence-electron chi connectivity index (χ0n) is 30.9. The van der Waals surface area contributed by atoms with Crippen molar-refractivity contribution < 1.29 is 22.6 Å². The number of anilines is 3. The molecule has 53 heavy (non-hydrogen) atoms. The quantitative estimate of drug-likeness (QED) is 0.158. The molecule has 0 amide bonds. The zero-order chi connectivity index (χ0) is 37.5. The third kappa shape index (κ3) is 9.35. The Morgan fingerprint density at radius 1 is 0.792 bits per heavy atom. The molecule has 1 fully saturated rings. The molecule has 3 aromatic heterocycles. The van der Waals surface area contributed by atoms with Crippen molar-refractivity contribution in [2.45, 2.75) is 33.0 Å². The zero-order valence-corrected chi connectivity index (χ0v) is 31.7. The minimum absolute atomic E-state index is 0.0521. The summed E-state index contributed by atoms with van der Waals surface area (Å²) in [6, 6.07) is 21.5. The van der Waals surface area contributed by atoms with Gasteiger partial charge >= 0.3 is 0 Å². The van der Waals surface area contributed by atoms with Gasteiger partial charge in [-0.2, -0.15) is 14.3 Å². The molecule has 2 aromatic carbocycles. The van der Waals surface area contributed by atoms with Crippen molar-refractivity contribution in [1.82, 2.24) is 34.1 Å². The van der Waals surface area contributed by atoms with Gasteiger partial charge in [0.25, 0.3) is 0 Å². The highest BCUT2D eigenvalue weighted by atomic mass is 32.2. The summed E-state index contributed by atoms with van der Waals surface area (Å²) in [4.78, 5) is 28.4. The van der Waals surface area contributed by atoms with E-state index in [0.717, 1.165) is 28.2 Å². The van der Waals surface area contributed by atoms with Gasteiger partial charge in [0.05, 0.1) is 45.0 Å². The number of benzene rings is 2. The van der Waals surface area contributed by atoms with Crippen LogP contribution in [-0.4, -0.2) is 96.3 Å². The van der Waals surface area contributed by atoms with Crippen LogP contribution in [0, 0.1) is 6.92 Å². The normalized spacial score (nSPS) is 14.4. The van der Waals surface area contributed by atoms with E-state index >= 15 is 0 Å². The number of pyridine rings is 2. The first-order valence-corrected chi connectivity index (χ1v) is 19.1. The van der Waals surface area contributed by atoms with Crippen LogP contribution in [0.25, 0.3) is 11.4 Å². The number of nitrogens with one attached hydrogen (secondary N) is 1. The summed E-state index contributed by atoms with van der Waals surface area (Å²) in [6.07, 6.45) is 4.77. The Morgan fingerprint density at radius 2 is 1.42 bits per heavy atom. The molecule has 1 atom stereocenters. The molecule has 1 aliphatic heterocycles. The monoisotopic (exact) mass is 739 g/mol. The summed E-state index contributed by atoms with van der Waals surface area (Å²) in [6.45, 7) is 7.07. The van der Waals surface area contributed by atoms with E-state index in [0.29, 0.717) is 79.8 Å². The fraction of sp³-hybridized carbons (Fsp3) is 0.342. The van der Waals surface area contributed by atoms with Crippen molar-refractivity contribution in [3.05, 3.63) is 102 Å². The maximum absolute atomic E-state index is 12.2. The highest BCUT2D eigenvalue weighted by Gasteiger charge is 2.28. The number of aryl methyl sites for hydroxylation is 1. The molecule has 5 aromatic rings. The van der Waals surface area contributed by atoms with Gasteiger partial charge in [-0.15, -0.1) is 0 Å². The van der Waals surface area contributed by atoms with Crippen molar-refractivity contribution >= 4 is 27.5 Å². The van der Waals surface area contributed by atoms with Gasteiger partial charge in [-0.25, -0.2) is 23.4 Å². The molecule has 0 bridgehead atoms. The summed E-state index contributed by atoms with van der Waals surface area (Å²) in [5, 5.41) is 3.41. The van der Waals surface area contributed by atoms with Gasteiger partial charge in [0.2, 0.25) is 21.9 Å². The molecule has 0 spiro atoms. The Labute approximate surface area is 310 Å². The van der Waals surface area contributed by atoms with Gasteiger partial charge in [0.15, 0.2) is 5.82 Å². The summed E-state index contributed by atoms with van der Waals surface area (Å²) in [5.74, 6) is 4.10. The first-order chi connectivity index (χ1) is 25.5. The van der Waals surface area contributed by atoms with Crippen LogP contribution < -0.4 is 24.4 Å². The summed E-state index contributed by atoms with van der Waals surface area (Å²) in [7, 11) is 1.63. The molecule has 6 rings (SSSR count). The van der Waals surface area contributed by atoms with Gasteiger partial charge in [0, 0.05) is 57.6 Å². The van der Waals surface area contributed by atoms with Crippen molar-refractivity contribution in [3.8, 4) is 28.8 Å². The predicted octanol–water partition coefficient (Wildman–Crippen LogP) is 5.25. The minimum Gasteiger partial charge on any atom is -0.497 e. The topological polar surface area (TPSA) is 148 Å². The third-order valence-electron chi connectivity index (χ3n) is 9.21. The number of sulfonamides is 1. The number of piperazine rings is 1. The fourth-order valence-electron chi connectivity index (χ4n) is 6.15. The van der Waals surface area contributed by atoms with Crippen molar-refractivity contribution in [2.24, 2.45) is 0 Å². The molecule has 0 aliphatic carbocycles. The van der Waals surface area contributed by atoms with Crippen molar-refractivity contribution in [1.29, 1.82) is 0 Å². The van der Waals surface area contributed by atoms with Gasteiger partial charge in [-0.1, -0.05) is 24.3 Å². The van der Waals surface area contributed by atoms with Crippen LogP contribution in [0.4, 0.5) is 17.5 Å². The van der Waals surface area contributed by atoms with E-state index in [2.05, 4.69) is 33.1 Å². The van der Waals surface area contributed by atoms with Crippen LogP contribution in [0.2, 0.25) is 0 Å². The molecule has 278 valence electrons. The van der Waals surface area contributed by atoms with E-state index in [4.69, 9.17) is 34.1 Å². The number of aromatic nitrogens is 5.